The van der Waals surface area contributed by atoms with Crippen LogP contribution in [0.15, 0.2) is 0 Å². The summed E-state index contributed by atoms with van der Waals surface area (Å²) in [4.78, 5) is 24.5. The SMILES string of the molecule is CC(=O)N[C@H]1CC[C@]2(C)CCC([C@H](C)C(=O)NC3CCCCC3)[C@H](O)[C@H]2[C@@H]1C. The number of nitrogens with one attached hydrogen (secondary N) is 2. The summed E-state index contributed by atoms with van der Waals surface area (Å²) in [6.45, 7) is 8.03. The van der Waals surface area contributed by atoms with Gasteiger partial charge in [0.2, 0.25) is 11.8 Å². The lowest BCUT2D eigenvalue weighted by molar-refractivity contribution is -0.144. The molecule has 0 bridgehead atoms. The van der Waals surface area contributed by atoms with Crippen LogP contribution in [0.4, 0.5) is 0 Å². The molecule has 160 valence electrons. The molecule has 7 atom stereocenters. The molecule has 1 unspecified atom stereocenters. The third-order valence-corrected chi connectivity index (χ3v) is 8.28. The zero-order valence-electron chi connectivity index (χ0n) is 18.2. The van der Waals surface area contributed by atoms with Crippen LogP contribution < -0.4 is 10.6 Å². The Morgan fingerprint density at radius 1 is 1.04 bits per heavy atom. The van der Waals surface area contributed by atoms with Crippen molar-refractivity contribution >= 4 is 11.8 Å². The van der Waals surface area contributed by atoms with E-state index in [9.17, 15) is 14.7 Å². The highest BCUT2D eigenvalue weighted by Gasteiger charge is 2.53. The molecule has 3 aliphatic carbocycles. The molecule has 5 nitrogen and oxygen atoms in total. The summed E-state index contributed by atoms with van der Waals surface area (Å²) < 4.78 is 0. The fourth-order valence-electron chi connectivity index (χ4n) is 6.53. The number of fused-ring (bicyclic) bond motifs is 1. The van der Waals surface area contributed by atoms with Crippen molar-refractivity contribution in [3.63, 3.8) is 0 Å². The molecule has 3 saturated carbocycles. The van der Waals surface area contributed by atoms with Gasteiger partial charge in [-0.25, -0.2) is 0 Å². The highest BCUT2D eigenvalue weighted by molar-refractivity contribution is 5.79. The van der Waals surface area contributed by atoms with Crippen molar-refractivity contribution in [3.05, 3.63) is 0 Å². The molecule has 3 N–H and O–H groups in total. The lowest BCUT2D eigenvalue weighted by atomic mass is 9.51. The molecule has 0 heterocycles. The van der Waals surface area contributed by atoms with Crippen LogP contribution in [-0.4, -0.2) is 35.1 Å². The molecular formula is C23H40N2O3. The van der Waals surface area contributed by atoms with Crippen molar-refractivity contribution in [3.8, 4) is 0 Å². The number of carbonyl (C=O) groups excluding carboxylic acids is 2. The Morgan fingerprint density at radius 3 is 2.32 bits per heavy atom. The van der Waals surface area contributed by atoms with Gasteiger partial charge in [0.1, 0.15) is 0 Å². The molecule has 3 aliphatic rings. The fraction of sp³-hybridized carbons (Fsp3) is 0.913. The zero-order chi connectivity index (χ0) is 20.5. The monoisotopic (exact) mass is 392 g/mol. The van der Waals surface area contributed by atoms with E-state index >= 15 is 0 Å². The molecule has 3 rings (SSSR count). The van der Waals surface area contributed by atoms with Gasteiger partial charge >= 0.3 is 0 Å². The van der Waals surface area contributed by atoms with Gasteiger partial charge in [-0.3, -0.25) is 9.59 Å². The van der Waals surface area contributed by atoms with Gasteiger partial charge in [-0.1, -0.05) is 40.0 Å². The minimum Gasteiger partial charge on any atom is -0.392 e. The van der Waals surface area contributed by atoms with Crippen LogP contribution in [0.25, 0.3) is 0 Å². The third kappa shape index (κ3) is 4.39. The number of amides is 2. The van der Waals surface area contributed by atoms with Crippen LogP contribution in [0.2, 0.25) is 0 Å². The number of hydrogen-bond donors (Lipinski definition) is 3. The number of aliphatic hydroxyl groups is 1. The first-order valence-corrected chi connectivity index (χ1v) is 11.5. The Kier molecular flexibility index (Phi) is 6.73. The molecule has 0 aromatic carbocycles. The van der Waals surface area contributed by atoms with E-state index < -0.39 is 6.10 Å². The smallest absolute Gasteiger partial charge is 0.223 e. The molecule has 0 radical (unpaired) electrons. The van der Waals surface area contributed by atoms with Gasteiger partial charge in [-0.2, -0.15) is 0 Å². The summed E-state index contributed by atoms with van der Waals surface area (Å²) in [6, 6.07) is 0.433. The van der Waals surface area contributed by atoms with Crippen molar-refractivity contribution in [1.82, 2.24) is 10.6 Å². The van der Waals surface area contributed by atoms with Gasteiger partial charge in [0.25, 0.3) is 0 Å². The second-order valence-corrected chi connectivity index (χ2v) is 10.2. The predicted molar refractivity (Wildman–Crippen MR) is 111 cm³/mol. The average Bonchev–Trinajstić information content (AvgIpc) is 2.64. The number of aliphatic hydroxyl groups excluding tert-OH is 1. The van der Waals surface area contributed by atoms with E-state index in [0.29, 0.717) is 6.04 Å². The number of rotatable bonds is 4. The van der Waals surface area contributed by atoms with Crippen LogP contribution in [0.5, 0.6) is 0 Å². The van der Waals surface area contributed by atoms with E-state index in [0.717, 1.165) is 38.5 Å². The van der Waals surface area contributed by atoms with Gasteiger partial charge < -0.3 is 15.7 Å². The Balaban J connectivity index is 1.68. The first kappa shape index (κ1) is 21.6. The predicted octanol–water partition coefficient (Wildman–Crippen LogP) is 3.40. The molecule has 28 heavy (non-hydrogen) atoms. The molecule has 0 aromatic rings. The highest BCUT2D eigenvalue weighted by atomic mass is 16.3. The molecule has 0 spiro atoms. The standard InChI is InChI=1S/C23H40N2O3/c1-14(22(28)25-17-8-6-5-7-9-17)18-10-12-23(4)13-11-19(24-16(3)26)15(2)20(23)21(18)27/h14-15,17-21,27H,5-13H2,1-4H3,(H,24,26)(H,25,28)/t14-,15+,18?,19-,20+,21-,23-/m0/s1. The quantitative estimate of drug-likeness (QED) is 0.686. The maximum atomic E-state index is 12.9. The molecule has 5 heteroatoms. The summed E-state index contributed by atoms with van der Waals surface area (Å²) in [6.07, 6.45) is 9.32. The first-order chi connectivity index (χ1) is 13.2. The van der Waals surface area contributed by atoms with Crippen LogP contribution in [0, 0.1) is 29.1 Å². The van der Waals surface area contributed by atoms with Gasteiger partial charge in [-0.15, -0.1) is 0 Å². The molecule has 3 fully saturated rings. The Labute approximate surface area is 170 Å². The minimum atomic E-state index is -0.489. The fourth-order valence-corrected chi connectivity index (χ4v) is 6.53. The van der Waals surface area contributed by atoms with E-state index in [1.807, 2.05) is 6.92 Å². The molecule has 0 aliphatic heterocycles. The van der Waals surface area contributed by atoms with Crippen LogP contribution in [0.1, 0.15) is 85.5 Å². The summed E-state index contributed by atoms with van der Waals surface area (Å²) in [7, 11) is 0. The van der Waals surface area contributed by atoms with E-state index in [-0.39, 0.29) is 46.9 Å². The Hall–Kier alpha value is -1.10. The van der Waals surface area contributed by atoms with E-state index in [1.165, 1.54) is 19.3 Å². The number of carbonyl (C=O) groups is 2. The van der Waals surface area contributed by atoms with Crippen molar-refractivity contribution in [2.24, 2.45) is 29.1 Å². The van der Waals surface area contributed by atoms with E-state index in [1.54, 1.807) is 6.92 Å². The lowest BCUT2D eigenvalue weighted by Crippen LogP contribution is -2.58. The van der Waals surface area contributed by atoms with Gasteiger partial charge in [0, 0.05) is 24.9 Å². The topological polar surface area (TPSA) is 78.4 Å². The molecular weight excluding hydrogens is 352 g/mol. The minimum absolute atomic E-state index is 0.000179. The molecule has 0 aromatic heterocycles. The van der Waals surface area contributed by atoms with Gasteiger partial charge in [0.05, 0.1) is 6.10 Å². The first-order valence-electron chi connectivity index (χ1n) is 11.5. The Bertz CT molecular complexity index is 574. The number of hydrogen-bond acceptors (Lipinski definition) is 3. The highest BCUT2D eigenvalue weighted by Crippen LogP contribution is 2.55. The van der Waals surface area contributed by atoms with Crippen molar-refractivity contribution in [2.75, 3.05) is 0 Å². The normalized spacial score (nSPS) is 40.2. The summed E-state index contributed by atoms with van der Waals surface area (Å²) in [5.41, 5.74) is 0.101. The average molecular weight is 393 g/mol. The van der Waals surface area contributed by atoms with Crippen LogP contribution in [-0.2, 0) is 9.59 Å². The third-order valence-electron chi connectivity index (χ3n) is 8.28. The second-order valence-electron chi connectivity index (χ2n) is 10.2. The summed E-state index contributed by atoms with van der Waals surface area (Å²) in [5.74, 6) is 0.287. The maximum absolute atomic E-state index is 12.9. The van der Waals surface area contributed by atoms with Crippen LogP contribution in [0.3, 0.4) is 0 Å². The summed E-state index contributed by atoms with van der Waals surface area (Å²) in [5, 5.41) is 17.7. The van der Waals surface area contributed by atoms with E-state index in [4.69, 9.17) is 0 Å². The Morgan fingerprint density at radius 2 is 1.68 bits per heavy atom. The van der Waals surface area contributed by atoms with Gasteiger partial charge in [0.15, 0.2) is 0 Å². The zero-order valence-corrected chi connectivity index (χ0v) is 18.2. The molecule has 0 saturated heterocycles. The maximum Gasteiger partial charge on any atom is 0.223 e. The van der Waals surface area contributed by atoms with E-state index in [2.05, 4.69) is 24.5 Å². The second kappa shape index (κ2) is 8.73. The van der Waals surface area contributed by atoms with Crippen LogP contribution >= 0.6 is 0 Å². The van der Waals surface area contributed by atoms with Gasteiger partial charge in [-0.05, 0) is 61.7 Å². The van der Waals surface area contributed by atoms with Crippen molar-refractivity contribution < 1.29 is 14.7 Å². The van der Waals surface area contributed by atoms with Crippen molar-refractivity contribution in [2.45, 2.75) is 104 Å². The lowest BCUT2D eigenvalue weighted by Gasteiger charge is -2.56. The summed E-state index contributed by atoms with van der Waals surface area (Å²) >= 11 is 0. The van der Waals surface area contributed by atoms with Crippen molar-refractivity contribution in [1.29, 1.82) is 0 Å². The largest absolute Gasteiger partial charge is 0.392 e. The molecule has 2 amide bonds.